The van der Waals surface area contributed by atoms with Gasteiger partial charge in [-0.15, -0.1) is 0 Å². The number of nitrogen functional groups attached to an aromatic ring is 1. The van der Waals surface area contributed by atoms with Crippen molar-refractivity contribution in [1.82, 2.24) is 5.32 Å². The van der Waals surface area contributed by atoms with Crippen molar-refractivity contribution < 1.29 is 9.21 Å². The first-order chi connectivity index (χ1) is 5.77. The maximum Gasteiger partial charge on any atom is 0.256 e. The van der Waals surface area contributed by atoms with Crippen LogP contribution in [0, 0.1) is 0 Å². The molecule has 4 nitrogen and oxygen atoms in total. The third-order valence-electron chi connectivity index (χ3n) is 1.85. The minimum Gasteiger partial charge on any atom is -0.470 e. The molecule has 0 saturated heterocycles. The summed E-state index contributed by atoms with van der Waals surface area (Å²) in [6.07, 6.45) is 4.88. The Morgan fingerprint density at radius 2 is 2.33 bits per heavy atom. The number of nitrogens with two attached hydrogens (primary N) is 1. The smallest absolute Gasteiger partial charge is 0.256 e. The summed E-state index contributed by atoms with van der Waals surface area (Å²) in [5, 5.41) is 2.82. The van der Waals surface area contributed by atoms with Gasteiger partial charge in [-0.25, -0.2) is 0 Å². The van der Waals surface area contributed by atoms with Crippen molar-refractivity contribution in [3.05, 3.63) is 18.1 Å². The molecule has 0 aromatic carbocycles. The molecule has 2 rings (SSSR count). The van der Waals surface area contributed by atoms with Crippen LogP contribution < -0.4 is 11.1 Å². The number of anilines is 1. The highest BCUT2D eigenvalue weighted by molar-refractivity contribution is 5.98. The van der Waals surface area contributed by atoms with Crippen molar-refractivity contribution in [1.29, 1.82) is 0 Å². The number of rotatable bonds is 2. The van der Waals surface area contributed by atoms with Crippen LogP contribution in [0.5, 0.6) is 0 Å². The van der Waals surface area contributed by atoms with Gasteiger partial charge < -0.3 is 15.5 Å². The predicted molar refractivity (Wildman–Crippen MR) is 43.6 cm³/mol. The standard InChI is InChI=1S/C8H10N2O2/c9-7-4-12-3-6(7)8(11)10-5-1-2-5/h3-5H,1-2,9H2,(H,10,11). The van der Waals surface area contributed by atoms with E-state index in [1.165, 1.54) is 12.5 Å². The second kappa shape index (κ2) is 2.55. The van der Waals surface area contributed by atoms with Gasteiger partial charge in [0.25, 0.3) is 5.91 Å². The fourth-order valence-electron chi connectivity index (χ4n) is 0.982. The molecule has 1 aliphatic rings. The van der Waals surface area contributed by atoms with Gasteiger partial charge in [-0.05, 0) is 12.8 Å². The number of hydrogen-bond acceptors (Lipinski definition) is 3. The second-order valence-corrected chi connectivity index (χ2v) is 2.99. The van der Waals surface area contributed by atoms with E-state index in [4.69, 9.17) is 10.2 Å². The molecule has 0 aliphatic heterocycles. The zero-order chi connectivity index (χ0) is 8.55. The van der Waals surface area contributed by atoms with Crippen molar-refractivity contribution in [2.75, 3.05) is 5.73 Å². The Morgan fingerprint density at radius 3 is 2.83 bits per heavy atom. The normalized spacial score (nSPS) is 16.0. The average Bonchev–Trinajstić information content (AvgIpc) is 2.72. The third kappa shape index (κ3) is 1.28. The lowest BCUT2D eigenvalue weighted by atomic mass is 10.3. The minimum atomic E-state index is -0.135. The molecule has 1 saturated carbocycles. The summed E-state index contributed by atoms with van der Waals surface area (Å²) < 4.78 is 4.78. The van der Waals surface area contributed by atoms with Crippen molar-refractivity contribution in [2.24, 2.45) is 0 Å². The van der Waals surface area contributed by atoms with Gasteiger partial charge >= 0.3 is 0 Å². The number of hydrogen-bond donors (Lipinski definition) is 2. The average molecular weight is 166 g/mol. The zero-order valence-electron chi connectivity index (χ0n) is 6.54. The van der Waals surface area contributed by atoms with E-state index >= 15 is 0 Å². The summed E-state index contributed by atoms with van der Waals surface area (Å²) in [6, 6.07) is 0.354. The van der Waals surface area contributed by atoms with E-state index in [0.717, 1.165) is 12.8 Å². The van der Waals surface area contributed by atoms with Gasteiger partial charge in [0.2, 0.25) is 0 Å². The monoisotopic (exact) mass is 166 g/mol. The van der Waals surface area contributed by atoms with E-state index in [1.54, 1.807) is 0 Å². The van der Waals surface area contributed by atoms with Crippen LogP contribution in [-0.4, -0.2) is 11.9 Å². The summed E-state index contributed by atoms with van der Waals surface area (Å²) in [5.74, 6) is -0.135. The van der Waals surface area contributed by atoms with Crippen LogP contribution in [0.25, 0.3) is 0 Å². The molecule has 12 heavy (non-hydrogen) atoms. The van der Waals surface area contributed by atoms with Crippen LogP contribution in [0.1, 0.15) is 23.2 Å². The quantitative estimate of drug-likeness (QED) is 0.681. The minimum absolute atomic E-state index is 0.135. The molecule has 3 N–H and O–H groups in total. The predicted octanol–water partition coefficient (Wildman–Crippen LogP) is 0.754. The Labute approximate surface area is 69.7 Å². The molecule has 0 spiro atoms. The van der Waals surface area contributed by atoms with Crippen molar-refractivity contribution in [3.63, 3.8) is 0 Å². The van der Waals surface area contributed by atoms with Crippen LogP contribution in [0.3, 0.4) is 0 Å². The van der Waals surface area contributed by atoms with Crippen LogP contribution in [-0.2, 0) is 0 Å². The number of furan rings is 1. The lowest BCUT2D eigenvalue weighted by Crippen LogP contribution is -2.25. The maximum absolute atomic E-state index is 11.3. The second-order valence-electron chi connectivity index (χ2n) is 2.99. The molecule has 1 aromatic heterocycles. The van der Waals surface area contributed by atoms with Gasteiger partial charge in [-0.1, -0.05) is 0 Å². The summed E-state index contributed by atoms with van der Waals surface area (Å²) >= 11 is 0. The van der Waals surface area contributed by atoms with E-state index in [9.17, 15) is 4.79 Å². The molecule has 1 aliphatic carbocycles. The summed E-state index contributed by atoms with van der Waals surface area (Å²) in [6.45, 7) is 0. The SMILES string of the molecule is Nc1cocc1C(=O)NC1CC1. The van der Waals surface area contributed by atoms with Gasteiger partial charge in [0.05, 0.1) is 5.69 Å². The van der Waals surface area contributed by atoms with E-state index in [-0.39, 0.29) is 5.91 Å². The Hall–Kier alpha value is -1.45. The number of nitrogens with one attached hydrogen (secondary N) is 1. The van der Waals surface area contributed by atoms with Gasteiger partial charge in [-0.2, -0.15) is 0 Å². The molecule has 1 heterocycles. The van der Waals surface area contributed by atoms with Gasteiger partial charge in [-0.3, -0.25) is 4.79 Å². The van der Waals surface area contributed by atoms with Crippen molar-refractivity contribution >= 4 is 11.6 Å². The first-order valence-corrected chi connectivity index (χ1v) is 3.90. The lowest BCUT2D eigenvalue weighted by Gasteiger charge is -1.99. The summed E-state index contributed by atoms with van der Waals surface area (Å²) in [5.41, 5.74) is 6.31. The Kier molecular flexibility index (Phi) is 1.53. The Morgan fingerprint density at radius 1 is 1.58 bits per heavy atom. The van der Waals surface area contributed by atoms with Gasteiger partial charge in [0.1, 0.15) is 18.1 Å². The molecule has 1 amide bonds. The highest BCUT2D eigenvalue weighted by atomic mass is 16.3. The van der Waals surface area contributed by atoms with Gasteiger partial charge in [0, 0.05) is 6.04 Å². The number of carbonyl (C=O) groups excluding carboxylic acids is 1. The van der Waals surface area contributed by atoms with Gasteiger partial charge in [0.15, 0.2) is 0 Å². The first kappa shape index (κ1) is 7.21. The van der Waals surface area contributed by atoms with Crippen LogP contribution >= 0.6 is 0 Å². The lowest BCUT2D eigenvalue weighted by molar-refractivity contribution is 0.0951. The fraction of sp³-hybridized carbons (Fsp3) is 0.375. The highest BCUT2D eigenvalue weighted by Gasteiger charge is 2.24. The van der Waals surface area contributed by atoms with E-state index in [0.29, 0.717) is 17.3 Å². The topological polar surface area (TPSA) is 68.3 Å². The summed E-state index contributed by atoms with van der Waals surface area (Å²) in [7, 11) is 0. The van der Waals surface area contributed by atoms with Crippen LogP contribution in [0.2, 0.25) is 0 Å². The molecule has 0 atom stereocenters. The third-order valence-corrected chi connectivity index (χ3v) is 1.85. The largest absolute Gasteiger partial charge is 0.470 e. The zero-order valence-corrected chi connectivity index (χ0v) is 6.54. The van der Waals surface area contributed by atoms with Crippen LogP contribution in [0.15, 0.2) is 16.9 Å². The van der Waals surface area contributed by atoms with Crippen molar-refractivity contribution in [3.8, 4) is 0 Å². The van der Waals surface area contributed by atoms with E-state index in [1.807, 2.05) is 0 Å². The summed E-state index contributed by atoms with van der Waals surface area (Å²) in [4.78, 5) is 11.3. The fourth-order valence-corrected chi connectivity index (χ4v) is 0.982. The molecule has 1 aromatic rings. The van der Waals surface area contributed by atoms with Crippen molar-refractivity contribution in [2.45, 2.75) is 18.9 Å². The molecule has 64 valence electrons. The van der Waals surface area contributed by atoms with Crippen LogP contribution in [0.4, 0.5) is 5.69 Å². The number of carbonyl (C=O) groups is 1. The molecule has 0 unspecified atom stereocenters. The highest BCUT2D eigenvalue weighted by Crippen LogP contribution is 2.20. The van der Waals surface area contributed by atoms with E-state index in [2.05, 4.69) is 5.32 Å². The first-order valence-electron chi connectivity index (χ1n) is 3.90. The molecule has 1 fully saturated rings. The molecular formula is C8H10N2O2. The maximum atomic E-state index is 11.3. The Balaban J connectivity index is 2.07. The van der Waals surface area contributed by atoms with E-state index < -0.39 is 0 Å². The number of amides is 1. The molecule has 4 heteroatoms. The Bertz CT molecular complexity index is 302. The molecule has 0 bridgehead atoms. The molecule has 0 radical (unpaired) electrons. The molecular weight excluding hydrogens is 156 g/mol.